The van der Waals surface area contributed by atoms with Gasteiger partial charge >= 0.3 is 0 Å². The standard InChI is InChI=1S/C12H25N7S/c1-6-12(7-2,20-5)8-14-9-15-10(18-13)17-11(16-9)19(3)4/h6-8,13H2,1-5H3,(H2,14,15,16,17,18). The summed E-state index contributed by atoms with van der Waals surface area (Å²) in [6.07, 6.45) is 4.32. The van der Waals surface area contributed by atoms with Crippen molar-refractivity contribution in [2.75, 3.05) is 42.5 Å². The van der Waals surface area contributed by atoms with Crippen molar-refractivity contribution >= 4 is 29.6 Å². The van der Waals surface area contributed by atoms with Crippen LogP contribution in [-0.4, -0.2) is 46.6 Å². The van der Waals surface area contributed by atoms with Crippen LogP contribution >= 0.6 is 11.8 Å². The lowest BCUT2D eigenvalue weighted by molar-refractivity contribution is 0.573. The molecular weight excluding hydrogens is 274 g/mol. The van der Waals surface area contributed by atoms with Gasteiger partial charge in [0.25, 0.3) is 0 Å². The molecule has 1 aromatic heterocycles. The van der Waals surface area contributed by atoms with Gasteiger partial charge in [-0.25, -0.2) is 5.84 Å². The minimum atomic E-state index is 0.196. The van der Waals surface area contributed by atoms with Gasteiger partial charge in [-0.2, -0.15) is 26.7 Å². The Morgan fingerprint density at radius 1 is 1.15 bits per heavy atom. The predicted octanol–water partition coefficient (Wildman–Crippen LogP) is 1.56. The number of rotatable bonds is 8. The van der Waals surface area contributed by atoms with Gasteiger partial charge < -0.3 is 10.2 Å². The van der Waals surface area contributed by atoms with E-state index in [1.54, 1.807) is 0 Å². The van der Waals surface area contributed by atoms with Crippen molar-refractivity contribution < 1.29 is 0 Å². The number of hydrogen-bond donors (Lipinski definition) is 3. The molecule has 0 aliphatic heterocycles. The number of nitrogens with one attached hydrogen (secondary N) is 2. The fourth-order valence-corrected chi connectivity index (χ4v) is 2.60. The molecule has 114 valence electrons. The molecule has 0 spiro atoms. The van der Waals surface area contributed by atoms with Crippen LogP contribution in [0.5, 0.6) is 0 Å². The highest BCUT2D eigenvalue weighted by Gasteiger charge is 2.25. The second kappa shape index (κ2) is 7.49. The number of aromatic nitrogens is 3. The Kier molecular flexibility index (Phi) is 6.28. The van der Waals surface area contributed by atoms with Crippen molar-refractivity contribution in [1.29, 1.82) is 0 Å². The van der Waals surface area contributed by atoms with Crippen molar-refractivity contribution in [2.45, 2.75) is 31.4 Å². The minimum absolute atomic E-state index is 0.196. The van der Waals surface area contributed by atoms with E-state index < -0.39 is 0 Å². The Balaban J connectivity index is 2.89. The Hall–Kier alpha value is -1.28. The van der Waals surface area contributed by atoms with Crippen molar-refractivity contribution in [1.82, 2.24) is 15.0 Å². The largest absolute Gasteiger partial charge is 0.353 e. The average molecular weight is 299 g/mol. The van der Waals surface area contributed by atoms with E-state index in [9.17, 15) is 0 Å². The second-order valence-corrected chi connectivity index (χ2v) is 6.04. The van der Waals surface area contributed by atoms with Crippen LogP contribution in [0, 0.1) is 0 Å². The summed E-state index contributed by atoms with van der Waals surface area (Å²) in [7, 11) is 3.76. The maximum Gasteiger partial charge on any atom is 0.243 e. The molecule has 1 aromatic rings. The molecule has 0 bridgehead atoms. The minimum Gasteiger partial charge on any atom is -0.353 e. The van der Waals surface area contributed by atoms with Gasteiger partial charge in [0.05, 0.1) is 0 Å². The molecular formula is C12H25N7S. The molecule has 0 unspecified atom stereocenters. The molecule has 0 amide bonds. The van der Waals surface area contributed by atoms with Crippen molar-refractivity contribution in [3.63, 3.8) is 0 Å². The second-order valence-electron chi connectivity index (χ2n) is 4.77. The van der Waals surface area contributed by atoms with Crippen LogP contribution in [0.3, 0.4) is 0 Å². The highest BCUT2D eigenvalue weighted by Crippen LogP contribution is 2.30. The van der Waals surface area contributed by atoms with Gasteiger partial charge in [-0.15, -0.1) is 0 Å². The van der Waals surface area contributed by atoms with Gasteiger partial charge in [-0.1, -0.05) is 13.8 Å². The van der Waals surface area contributed by atoms with Crippen LogP contribution in [-0.2, 0) is 0 Å². The van der Waals surface area contributed by atoms with Crippen LogP contribution in [0.1, 0.15) is 26.7 Å². The van der Waals surface area contributed by atoms with Gasteiger partial charge in [0.2, 0.25) is 17.8 Å². The zero-order valence-electron chi connectivity index (χ0n) is 12.9. The highest BCUT2D eigenvalue weighted by molar-refractivity contribution is 8.00. The molecule has 8 heteroatoms. The molecule has 0 radical (unpaired) electrons. The van der Waals surface area contributed by atoms with Gasteiger partial charge in [-0.3, -0.25) is 5.43 Å². The molecule has 1 rings (SSSR count). The lowest BCUT2D eigenvalue weighted by Gasteiger charge is -2.29. The third kappa shape index (κ3) is 4.11. The lowest BCUT2D eigenvalue weighted by Crippen LogP contribution is -2.32. The first-order valence-corrected chi connectivity index (χ1v) is 7.91. The maximum absolute atomic E-state index is 5.40. The zero-order valence-corrected chi connectivity index (χ0v) is 13.7. The van der Waals surface area contributed by atoms with Crippen LogP contribution in [0.2, 0.25) is 0 Å². The molecule has 0 fully saturated rings. The highest BCUT2D eigenvalue weighted by atomic mass is 32.2. The summed E-state index contributed by atoms with van der Waals surface area (Å²) in [5.41, 5.74) is 2.47. The van der Waals surface area contributed by atoms with E-state index in [-0.39, 0.29) is 4.75 Å². The summed E-state index contributed by atoms with van der Waals surface area (Å²) >= 11 is 1.87. The molecule has 0 aliphatic carbocycles. The van der Waals surface area contributed by atoms with E-state index in [0.717, 1.165) is 19.4 Å². The van der Waals surface area contributed by atoms with Crippen LogP contribution in [0.25, 0.3) is 0 Å². The molecule has 7 nitrogen and oxygen atoms in total. The SMILES string of the molecule is CCC(CC)(CNc1nc(NN)nc(N(C)C)n1)SC. The van der Waals surface area contributed by atoms with E-state index in [1.807, 2.05) is 30.8 Å². The number of thioether (sulfide) groups is 1. The lowest BCUT2D eigenvalue weighted by atomic mass is 10.0. The number of hydrogen-bond acceptors (Lipinski definition) is 8. The topological polar surface area (TPSA) is 92.0 Å². The number of nitrogens with two attached hydrogens (primary N) is 1. The number of nitrogen functional groups attached to an aromatic ring is 1. The summed E-state index contributed by atoms with van der Waals surface area (Å²) in [4.78, 5) is 14.6. The number of hydrazine groups is 1. The van der Waals surface area contributed by atoms with Gasteiger partial charge in [0, 0.05) is 25.4 Å². The van der Waals surface area contributed by atoms with Crippen LogP contribution < -0.4 is 21.5 Å². The van der Waals surface area contributed by atoms with Gasteiger partial charge in [-0.05, 0) is 19.1 Å². The van der Waals surface area contributed by atoms with Crippen LogP contribution in [0.15, 0.2) is 0 Å². The van der Waals surface area contributed by atoms with Crippen molar-refractivity contribution in [3.8, 4) is 0 Å². The van der Waals surface area contributed by atoms with Gasteiger partial charge in [0.1, 0.15) is 0 Å². The van der Waals surface area contributed by atoms with Gasteiger partial charge in [0.15, 0.2) is 0 Å². The molecule has 0 saturated heterocycles. The number of anilines is 3. The van der Waals surface area contributed by atoms with Crippen molar-refractivity contribution in [2.24, 2.45) is 5.84 Å². The zero-order chi connectivity index (χ0) is 15.2. The monoisotopic (exact) mass is 299 g/mol. The molecule has 20 heavy (non-hydrogen) atoms. The van der Waals surface area contributed by atoms with E-state index in [0.29, 0.717) is 17.8 Å². The summed E-state index contributed by atoms with van der Waals surface area (Å²) in [6, 6.07) is 0. The Morgan fingerprint density at radius 2 is 1.75 bits per heavy atom. The average Bonchev–Trinajstić information content (AvgIpc) is 2.48. The third-order valence-corrected chi connectivity index (χ3v) is 5.03. The first kappa shape index (κ1) is 16.8. The van der Waals surface area contributed by atoms with E-state index >= 15 is 0 Å². The molecule has 1 heterocycles. The third-order valence-electron chi connectivity index (χ3n) is 3.44. The fourth-order valence-electron chi connectivity index (χ4n) is 1.81. The Bertz CT molecular complexity index is 412. The molecule has 0 atom stereocenters. The van der Waals surface area contributed by atoms with E-state index in [1.165, 1.54) is 0 Å². The maximum atomic E-state index is 5.40. The molecule has 0 aromatic carbocycles. The summed E-state index contributed by atoms with van der Waals surface area (Å²) in [6.45, 7) is 5.21. The predicted molar refractivity (Wildman–Crippen MR) is 87.3 cm³/mol. The number of nitrogens with zero attached hydrogens (tertiary/aromatic N) is 4. The first-order valence-electron chi connectivity index (χ1n) is 6.69. The van der Waals surface area contributed by atoms with E-state index in [2.05, 4.69) is 45.8 Å². The summed E-state index contributed by atoms with van der Waals surface area (Å²) in [5, 5.41) is 3.30. The Morgan fingerprint density at radius 3 is 2.20 bits per heavy atom. The quantitative estimate of drug-likeness (QED) is 0.492. The summed E-state index contributed by atoms with van der Waals surface area (Å²) < 4.78 is 0.196. The van der Waals surface area contributed by atoms with E-state index in [4.69, 9.17) is 5.84 Å². The fraction of sp³-hybridized carbons (Fsp3) is 0.750. The normalized spacial score (nSPS) is 11.3. The Labute approximate surface area is 125 Å². The molecule has 0 aliphatic rings. The molecule has 0 saturated carbocycles. The summed E-state index contributed by atoms with van der Waals surface area (Å²) in [5.74, 6) is 6.86. The smallest absolute Gasteiger partial charge is 0.243 e. The van der Waals surface area contributed by atoms with Crippen molar-refractivity contribution in [3.05, 3.63) is 0 Å². The first-order chi connectivity index (χ1) is 9.50. The molecule has 4 N–H and O–H groups in total. The van der Waals surface area contributed by atoms with Crippen LogP contribution in [0.4, 0.5) is 17.8 Å².